The molecule has 2 heterocycles. The smallest absolute Gasteiger partial charge is 0.265 e. The highest BCUT2D eigenvalue weighted by Gasteiger charge is 2.15. The minimum absolute atomic E-state index is 0.0897. The van der Waals surface area contributed by atoms with Gasteiger partial charge in [0, 0.05) is 24.1 Å². The summed E-state index contributed by atoms with van der Waals surface area (Å²) in [5.74, 6) is -1.44. The Labute approximate surface area is 126 Å². The van der Waals surface area contributed by atoms with E-state index in [0.29, 0.717) is 15.4 Å². The maximum absolute atomic E-state index is 14.0. The van der Waals surface area contributed by atoms with Gasteiger partial charge in [0.25, 0.3) is 5.56 Å². The average molecular weight is 352 g/mol. The van der Waals surface area contributed by atoms with Crippen LogP contribution in [0.25, 0.3) is 22.2 Å². The number of hydrogen-bond acceptors (Lipinski definition) is 3. The van der Waals surface area contributed by atoms with Crippen LogP contribution in [0.2, 0.25) is 0 Å². The molecule has 0 bridgehead atoms. The molecule has 1 aromatic carbocycles. The van der Waals surface area contributed by atoms with Gasteiger partial charge in [0.05, 0.1) is 16.2 Å². The second-order valence-corrected chi connectivity index (χ2v) is 5.33. The highest BCUT2D eigenvalue weighted by molar-refractivity contribution is 9.10. The van der Waals surface area contributed by atoms with Crippen molar-refractivity contribution in [3.05, 3.63) is 56.9 Å². The molecule has 4 nitrogen and oxygen atoms in total. The summed E-state index contributed by atoms with van der Waals surface area (Å²) in [6.07, 6.45) is 1.48. The molecule has 21 heavy (non-hydrogen) atoms. The molecule has 0 saturated carbocycles. The molecule has 0 aliphatic rings. The highest BCUT2D eigenvalue weighted by atomic mass is 79.9. The van der Waals surface area contributed by atoms with Crippen molar-refractivity contribution in [1.82, 2.24) is 14.8 Å². The fraction of sp³-hybridized carbons (Fsp3) is 0.0714. The van der Waals surface area contributed by atoms with E-state index in [0.717, 1.165) is 12.1 Å². The number of benzene rings is 1. The molecule has 0 N–H and O–H groups in total. The van der Waals surface area contributed by atoms with E-state index >= 15 is 0 Å². The van der Waals surface area contributed by atoms with Crippen LogP contribution in [0.5, 0.6) is 0 Å². The zero-order chi connectivity index (χ0) is 15.1. The first-order chi connectivity index (χ1) is 9.99. The van der Waals surface area contributed by atoms with Crippen LogP contribution in [0.4, 0.5) is 8.78 Å². The number of fused-ring (bicyclic) bond motifs is 1. The fourth-order valence-electron chi connectivity index (χ4n) is 2.18. The van der Waals surface area contributed by atoms with Crippen molar-refractivity contribution >= 4 is 26.8 Å². The van der Waals surface area contributed by atoms with Crippen molar-refractivity contribution in [3.8, 4) is 11.3 Å². The first kappa shape index (κ1) is 13.8. The molecule has 0 amide bonds. The van der Waals surface area contributed by atoms with Gasteiger partial charge in [-0.15, -0.1) is 5.10 Å². The molecule has 0 fully saturated rings. The molecule has 0 spiro atoms. The van der Waals surface area contributed by atoms with Crippen molar-refractivity contribution in [3.63, 3.8) is 0 Å². The Morgan fingerprint density at radius 3 is 2.71 bits per heavy atom. The first-order valence-electron chi connectivity index (χ1n) is 5.95. The van der Waals surface area contributed by atoms with Gasteiger partial charge in [0.1, 0.15) is 17.3 Å². The van der Waals surface area contributed by atoms with E-state index in [1.807, 2.05) is 0 Å². The SMILES string of the molecule is Cn1c(=O)c(Br)cc2cnnc(-c3ccc(F)cc3F)c21. The molecule has 0 saturated heterocycles. The maximum Gasteiger partial charge on any atom is 0.265 e. The van der Waals surface area contributed by atoms with Crippen LogP contribution in [0, 0.1) is 11.6 Å². The van der Waals surface area contributed by atoms with Gasteiger partial charge in [-0.1, -0.05) is 0 Å². The first-order valence-corrected chi connectivity index (χ1v) is 6.74. The lowest BCUT2D eigenvalue weighted by molar-refractivity contribution is 0.585. The zero-order valence-corrected chi connectivity index (χ0v) is 12.4. The second-order valence-electron chi connectivity index (χ2n) is 4.48. The van der Waals surface area contributed by atoms with Crippen molar-refractivity contribution in [2.75, 3.05) is 0 Å². The summed E-state index contributed by atoms with van der Waals surface area (Å²) in [6.45, 7) is 0. The Balaban J connectivity index is 2.43. The molecule has 0 atom stereocenters. The third kappa shape index (κ3) is 2.23. The Morgan fingerprint density at radius 2 is 2.00 bits per heavy atom. The lowest BCUT2D eigenvalue weighted by Crippen LogP contribution is -2.18. The fourth-order valence-corrected chi connectivity index (χ4v) is 2.69. The summed E-state index contributed by atoms with van der Waals surface area (Å²) in [4.78, 5) is 12.0. The van der Waals surface area contributed by atoms with E-state index in [2.05, 4.69) is 26.1 Å². The van der Waals surface area contributed by atoms with E-state index in [4.69, 9.17) is 0 Å². The summed E-state index contributed by atoms with van der Waals surface area (Å²) in [6, 6.07) is 4.78. The Hall–Kier alpha value is -2.15. The summed E-state index contributed by atoms with van der Waals surface area (Å²) in [5, 5.41) is 8.35. The third-order valence-corrected chi connectivity index (χ3v) is 3.73. The number of aryl methyl sites for hydroxylation is 1. The summed E-state index contributed by atoms with van der Waals surface area (Å²) >= 11 is 3.17. The average Bonchev–Trinajstić information content (AvgIpc) is 2.44. The van der Waals surface area contributed by atoms with Gasteiger partial charge in [0.2, 0.25) is 0 Å². The van der Waals surface area contributed by atoms with Crippen LogP contribution >= 0.6 is 15.9 Å². The molecule has 106 valence electrons. The zero-order valence-electron chi connectivity index (χ0n) is 10.8. The maximum atomic E-state index is 14.0. The second kappa shape index (κ2) is 5.00. The van der Waals surface area contributed by atoms with Crippen molar-refractivity contribution in [2.24, 2.45) is 7.05 Å². The third-order valence-electron chi connectivity index (χ3n) is 3.17. The monoisotopic (exact) mass is 351 g/mol. The molecule has 0 aliphatic carbocycles. The summed E-state index contributed by atoms with van der Waals surface area (Å²) in [5.41, 5.74) is 0.437. The predicted octanol–water partition coefficient (Wildman–Crippen LogP) is 3.04. The van der Waals surface area contributed by atoms with Gasteiger partial charge < -0.3 is 4.57 Å². The molecule has 0 unspecified atom stereocenters. The minimum atomic E-state index is -0.757. The predicted molar refractivity (Wildman–Crippen MR) is 77.8 cm³/mol. The van der Waals surface area contributed by atoms with E-state index in [-0.39, 0.29) is 16.8 Å². The molecule has 7 heteroatoms. The van der Waals surface area contributed by atoms with Crippen LogP contribution in [-0.4, -0.2) is 14.8 Å². The Bertz CT molecular complexity index is 924. The topological polar surface area (TPSA) is 47.8 Å². The molecule has 2 aromatic heterocycles. The number of nitrogens with zero attached hydrogens (tertiary/aromatic N) is 3. The lowest BCUT2D eigenvalue weighted by Gasteiger charge is -2.10. The molecular formula is C14H8BrF2N3O. The van der Waals surface area contributed by atoms with Crippen LogP contribution in [0.15, 0.2) is 39.7 Å². The largest absolute Gasteiger partial charge is 0.308 e. The van der Waals surface area contributed by atoms with E-state index in [1.54, 1.807) is 13.1 Å². The normalized spacial score (nSPS) is 11.0. The molecule has 3 aromatic rings. The molecule has 3 rings (SSSR count). The lowest BCUT2D eigenvalue weighted by atomic mass is 10.1. The Kier molecular flexibility index (Phi) is 3.29. The van der Waals surface area contributed by atoms with Gasteiger partial charge >= 0.3 is 0 Å². The standard InChI is InChI=1S/C14H8BrF2N3O/c1-20-13-7(4-10(15)14(20)21)6-18-19-12(13)9-3-2-8(16)5-11(9)17/h2-6H,1H3. The van der Waals surface area contributed by atoms with Gasteiger partial charge in [0.15, 0.2) is 0 Å². The van der Waals surface area contributed by atoms with E-state index in [1.165, 1.54) is 16.8 Å². The van der Waals surface area contributed by atoms with Crippen molar-refractivity contribution in [1.29, 1.82) is 0 Å². The number of pyridine rings is 1. The van der Waals surface area contributed by atoms with Crippen LogP contribution in [-0.2, 0) is 7.05 Å². The quantitative estimate of drug-likeness (QED) is 0.677. The van der Waals surface area contributed by atoms with Gasteiger partial charge in [-0.25, -0.2) is 8.78 Å². The number of rotatable bonds is 1. The Morgan fingerprint density at radius 1 is 1.24 bits per heavy atom. The summed E-state index contributed by atoms with van der Waals surface area (Å²) < 4.78 is 28.7. The molecule has 0 aliphatic heterocycles. The van der Waals surface area contributed by atoms with Crippen molar-refractivity contribution < 1.29 is 8.78 Å². The number of halogens is 3. The highest BCUT2D eigenvalue weighted by Crippen LogP contribution is 2.28. The van der Waals surface area contributed by atoms with Crippen LogP contribution in [0.1, 0.15) is 0 Å². The summed E-state index contributed by atoms with van der Waals surface area (Å²) in [7, 11) is 1.56. The van der Waals surface area contributed by atoms with Crippen LogP contribution < -0.4 is 5.56 Å². The minimum Gasteiger partial charge on any atom is -0.308 e. The van der Waals surface area contributed by atoms with Crippen molar-refractivity contribution in [2.45, 2.75) is 0 Å². The van der Waals surface area contributed by atoms with Gasteiger partial charge in [-0.2, -0.15) is 5.10 Å². The number of aromatic nitrogens is 3. The molecular weight excluding hydrogens is 344 g/mol. The number of hydrogen-bond donors (Lipinski definition) is 0. The molecule has 0 radical (unpaired) electrons. The van der Waals surface area contributed by atoms with Gasteiger partial charge in [-0.3, -0.25) is 4.79 Å². The van der Waals surface area contributed by atoms with E-state index in [9.17, 15) is 13.6 Å². The van der Waals surface area contributed by atoms with E-state index < -0.39 is 11.6 Å². The van der Waals surface area contributed by atoms with Crippen LogP contribution in [0.3, 0.4) is 0 Å². The van der Waals surface area contributed by atoms with Gasteiger partial charge in [-0.05, 0) is 34.1 Å².